The lowest BCUT2D eigenvalue weighted by Crippen LogP contribution is -2.48. The van der Waals surface area contributed by atoms with E-state index in [0.29, 0.717) is 38.8 Å². The van der Waals surface area contributed by atoms with E-state index in [2.05, 4.69) is 35.1 Å². The Morgan fingerprint density at radius 1 is 0.515 bits per heavy atom. The molecule has 0 spiro atoms. The van der Waals surface area contributed by atoms with Crippen molar-refractivity contribution in [2.24, 2.45) is 45.3 Å². The van der Waals surface area contributed by atoms with E-state index in [-0.39, 0.29) is 75.8 Å². The molecular formula is C71H110N6O20S2. The van der Waals surface area contributed by atoms with Crippen molar-refractivity contribution < 1.29 is 104 Å². The van der Waals surface area contributed by atoms with Gasteiger partial charge >= 0.3 is 23.9 Å². The predicted octanol–water partition coefficient (Wildman–Crippen LogP) is 4.96. The van der Waals surface area contributed by atoms with E-state index in [4.69, 9.17) is 18.9 Å². The normalized spacial score (nSPS) is 17.0. The number of ether oxygens (including phenoxy) is 4. The molecule has 2 aromatic heterocycles. The first-order chi connectivity index (χ1) is 46.8. The molecule has 0 radical (unpaired) electrons. The van der Waals surface area contributed by atoms with Gasteiger partial charge in [-0.25, -0.2) is 9.13 Å². The fourth-order valence-corrected chi connectivity index (χ4v) is 14.8. The number of carbonyl (C=O) groups is 8. The van der Waals surface area contributed by atoms with Crippen molar-refractivity contribution in [2.45, 2.75) is 190 Å². The average molecular weight is 1430 g/mol. The summed E-state index contributed by atoms with van der Waals surface area (Å²) in [4.78, 5) is 116. The Balaban J connectivity index is 2.36. The van der Waals surface area contributed by atoms with Crippen LogP contribution in [0.4, 0.5) is 0 Å². The van der Waals surface area contributed by atoms with Crippen LogP contribution in [0.1, 0.15) is 188 Å². The number of aromatic nitrogens is 2. The maximum atomic E-state index is 15.0. The lowest BCUT2D eigenvalue weighted by Gasteiger charge is -2.40. The summed E-state index contributed by atoms with van der Waals surface area (Å²) in [5, 5.41) is 51.8. The number of pyridine rings is 2. The molecule has 3 aromatic rings. The monoisotopic (exact) mass is 1430 g/mol. The van der Waals surface area contributed by atoms with Gasteiger partial charge in [0.2, 0.25) is 23.6 Å². The minimum atomic E-state index is -2.25. The number of carbonyl (C=O) groups excluding carboxylic acids is 8. The number of esters is 4. The average Bonchev–Trinajstić information content (AvgIpc) is 0.795. The van der Waals surface area contributed by atoms with Crippen molar-refractivity contribution in [3.63, 3.8) is 0 Å². The molecule has 13 unspecified atom stereocenters. The Morgan fingerprint density at radius 2 is 1.00 bits per heavy atom. The second kappa shape index (κ2) is 42.6. The van der Waals surface area contributed by atoms with Gasteiger partial charge in [0.25, 0.3) is 0 Å². The summed E-state index contributed by atoms with van der Waals surface area (Å²) in [6, 6.07) is 19.0. The van der Waals surface area contributed by atoms with Crippen LogP contribution in [0.5, 0.6) is 0 Å². The summed E-state index contributed by atoms with van der Waals surface area (Å²) in [6.07, 6.45) is 4.53. The SMILES string of the molecule is CCNC(=O)C(CC(C)(CC(CC(C)(CC)C(=O)OCC)C(=O)OCC)C(=O)NCC)CC(C)(CC(CC(C)(CC(CC(CC(C)(CC(C)c1cccc[n+]1CCCS(=O)[O-])c1cc[n+](CCCS(=O)[O-])cc1)c1ccccc1)C(=O)NCO)C(=O)NCO)C(=O)OCO)C(=O)OCO. The van der Waals surface area contributed by atoms with Gasteiger partial charge in [-0.2, -0.15) is 0 Å². The van der Waals surface area contributed by atoms with Crippen molar-refractivity contribution in [1.82, 2.24) is 21.3 Å². The minimum Gasteiger partial charge on any atom is -0.772 e. The highest BCUT2D eigenvalue weighted by atomic mass is 32.2. The number of aliphatic hydroxyl groups is 4. The highest BCUT2D eigenvalue weighted by Crippen LogP contribution is 2.49. The van der Waals surface area contributed by atoms with Crippen molar-refractivity contribution >= 4 is 69.7 Å². The zero-order valence-electron chi connectivity index (χ0n) is 59.7. The molecule has 3 rings (SSSR count). The second-order valence-corrected chi connectivity index (χ2v) is 29.2. The van der Waals surface area contributed by atoms with Crippen molar-refractivity contribution in [2.75, 3.05) is 64.9 Å². The Bertz CT molecular complexity index is 3110. The summed E-state index contributed by atoms with van der Waals surface area (Å²) in [5.74, 6) is -12.5. The molecule has 556 valence electrons. The highest BCUT2D eigenvalue weighted by Gasteiger charge is 2.51. The van der Waals surface area contributed by atoms with Gasteiger partial charge in [0, 0.05) is 90.3 Å². The fraction of sp³-hybridized carbons (Fsp3) is 0.662. The third kappa shape index (κ3) is 27.0. The zero-order chi connectivity index (χ0) is 74.2. The summed E-state index contributed by atoms with van der Waals surface area (Å²) in [7, 11) is 0. The number of nitrogens with one attached hydrogen (secondary N) is 4. The molecule has 26 nitrogen and oxygen atoms in total. The van der Waals surface area contributed by atoms with Gasteiger partial charge in [-0.05, 0) is 135 Å². The molecule has 1 aromatic carbocycles. The van der Waals surface area contributed by atoms with Crippen LogP contribution < -0.4 is 30.4 Å². The molecule has 0 fully saturated rings. The molecule has 0 bridgehead atoms. The van der Waals surface area contributed by atoms with Crippen LogP contribution in [0.25, 0.3) is 0 Å². The predicted molar refractivity (Wildman–Crippen MR) is 365 cm³/mol. The van der Waals surface area contributed by atoms with Crippen molar-refractivity contribution in [1.29, 1.82) is 0 Å². The molecule has 8 N–H and O–H groups in total. The molecule has 0 aliphatic heterocycles. The number of amides is 4. The number of aryl methyl sites for hydroxylation is 2. The number of rotatable bonds is 48. The lowest BCUT2D eigenvalue weighted by molar-refractivity contribution is -0.705. The zero-order valence-corrected chi connectivity index (χ0v) is 61.3. The third-order valence-corrected chi connectivity index (χ3v) is 20.3. The van der Waals surface area contributed by atoms with Crippen molar-refractivity contribution in [3.05, 3.63) is 96.1 Å². The first kappa shape index (κ1) is 86.6. The van der Waals surface area contributed by atoms with Crippen molar-refractivity contribution in [3.8, 4) is 0 Å². The molecule has 28 heteroatoms. The van der Waals surface area contributed by atoms with E-state index in [9.17, 15) is 76.3 Å². The van der Waals surface area contributed by atoms with E-state index in [0.717, 1.165) is 16.8 Å². The van der Waals surface area contributed by atoms with Gasteiger partial charge in [-0.15, -0.1) is 0 Å². The third-order valence-electron chi connectivity index (χ3n) is 19.1. The second-order valence-electron chi connectivity index (χ2n) is 27.1. The number of hydrogen-bond donors (Lipinski definition) is 8. The molecule has 0 aliphatic rings. The number of benzene rings is 1. The molecule has 0 saturated carbocycles. The summed E-state index contributed by atoms with van der Waals surface area (Å²) in [6.45, 7) is 15.4. The Morgan fingerprint density at radius 3 is 1.54 bits per heavy atom. The number of aliphatic hydroxyl groups excluding tert-OH is 4. The summed E-state index contributed by atoms with van der Waals surface area (Å²) < 4.78 is 71.6. The molecular weight excluding hydrogens is 1320 g/mol. The summed E-state index contributed by atoms with van der Waals surface area (Å²) >= 11 is -4.48. The molecule has 0 saturated heterocycles. The quantitative estimate of drug-likeness (QED) is 0.0122. The standard InChI is InChI=1S/C71H110N6O20S2/c1-12-67(7,65(88)95-16-5)42-55(61(84)94-15-4)43-70(10,63(86)73-14-3)40-54(60(83)72-13-2)41-71(11,66(89)97-49-81)45-56(62(85)96-48-80)44-69(9,64(87)75-47-79)39-53(59(82)74-46-78)36-52(51-24-18-17-19-25-51)38-68(8,57-27-32-76(33-28-57)29-22-34-98(90)91)37-50(6)58-26-20-21-30-77(58)31-23-35-99(92)93/h17-21,24-28,30,32-33,50,52-56,78-81H,12-16,22-23,29,31,34-49H2,1-11H3,(H4-2,72,73,74,75,82,83,86,87,90,91,92,93). The van der Waals surface area contributed by atoms with Crippen LogP contribution in [0.15, 0.2) is 79.3 Å². The van der Waals surface area contributed by atoms with Gasteiger partial charge in [-0.3, -0.25) is 46.8 Å². The maximum Gasteiger partial charge on any atom is 0.313 e. The van der Waals surface area contributed by atoms with E-state index in [1.54, 1.807) is 48.5 Å². The molecule has 2 heterocycles. The lowest BCUT2D eigenvalue weighted by atomic mass is 9.64. The molecule has 4 amide bonds. The van der Waals surface area contributed by atoms with Crippen LogP contribution in [-0.2, 0) is 98.0 Å². The van der Waals surface area contributed by atoms with Crippen LogP contribution >= 0.6 is 0 Å². The van der Waals surface area contributed by atoms with Crippen LogP contribution in [-0.4, -0.2) is 150 Å². The largest absolute Gasteiger partial charge is 0.772 e. The smallest absolute Gasteiger partial charge is 0.313 e. The van der Waals surface area contributed by atoms with Gasteiger partial charge in [0.1, 0.15) is 26.6 Å². The van der Waals surface area contributed by atoms with Gasteiger partial charge in [-0.1, -0.05) is 93.2 Å². The maximum absolute atomic E-state index is 15.0. The Kier molecular flexibility index (Phi) is 37.2. The fourth-order valence-electron chi connectivity index (χ4n) is 14.1. The van der Waals surface area contributed by atoms with E-state index in [1.165, 1.54) is 13.8 Å². The number of nitrogens with zero attached hydrogens (tertiary/aromatic N) is 2. The topological polar surface area (TPSA) is 391 Å². The highest BCUT2D eigenvalue weighted by molar-refractivity contribution is 7.79. The van der Waals surface area contributed by atoms with Crippen LogP contribution in [0, 0.1) is 45.3 Å². The number of hydrogen-bond acceptors (Lipinski definition) is 20. The first-order valence-electron chi connectivity index (χ1n) is 34.2. The minimum absolute atomic E-state index is 0.0128. The van der Waals surface area contributed by atoms with E-state index < -0.39 is 179 Å². The Hall–Kier alpha value is -6.66. The Labute approximate surface area is 588 Å². The molecule has 13 atom stereocenters. The van der Waals surface area contributed by atoms with E-state index in [1.807, 2.05) is 88.4 Å². The van der Waals surface area contributed by atoms with E-state index >= 15 is 0 Å². The van der Waals surface area contributed by atoms with Gasteiger partial charge in [0.15, 0.2) is 37.9 Å². The molecule has 99 heavy (non-hydrogen) atoms. The van der Waals surface area contributed by atoms with Crippen LogP contribution in [0.3, 0.4) is 0 Å². The van der Waals surface area contributed by atoms with Gasteiger partial charge < -0.3 is 69.7 Å². The van der Waals surface area contributed by atoms with Crippen LogP contribution in [0.2, 0.25) is 0 Å². The van der Waals surface area contributed by atoms with Gasteiger partial charge in [0.05, 0.1) is 35.9 Å². The first-order valence-corrected chi connectivity index (χ1v) is 36.7. The summed E-state index contributed by atoms with van der Waals surface area (Å²) in [5.41, 5.74) is -4.98. The molecule has 0 aliphatic carbocycles.